The Morgan fingerprint density at radius 2 is 2.16 bits per heavy atom. The quantitative estimate of drug-likeness (QED) is 0.756. The van der Waals surface area contributed by atoms with Crippen molar-refractivity contribution >= 4 is 28.5 Å². The number of alkyl halides is 2. The van der Waals surface area contributed by atoms with Gasteiger partial charge in [-0.3, -0.25) is 10.1 Å². The number of ether oxygens (including phenoxy) is 2. The van der Waals surface area contributed by atoms with Gasteiger partial charge in [0.1, 0.15) is 5.01 Å². The van der Waals surface area contributed by atoms with Gasteiger partial charge in [-0.25, -0.2) is 0 Å². The summed E-state index contributed by atoms with van der Waals surface area (Å²) < 4.78 is 34.0. The molecule has 0 saturated heterocycles. The average molecular weight is 367 g/mol. The first kappa shape index (κ1) is 17.3. The lowest BCUT2D eigenvalue weighted by atomic mass is 10.2. The molecule has 25 heavy (non-hydrogen) atoms. The number of amides is 1. The topological polar surface area (TPSA) is 73.3 Å². The second-order valence-electron chi connectivity index (χ2n) is 5.33. The van der Waals surface area contributed by atoms with Crippen LogP contribution in [0.25, 0.3) is 6.08 Å². The first-order chi connectivity index (χ1) is 12.0. The number of anilines is 1. The molecule has 6 nitrogen and oxygen atoms in total. The number of hydrogen-bond acceptors (Lipinski definition) is 6. The first-order valence-corrected chi connectivity index (χ1v) is 8.32. The molecule has 1 aliphatic carbocycles. The third kappa shape index (κ3) is 4.72. The second kappa shape index (κ2) is 7.56. The molecular formula is C16H15F2N3O3S. The van der Waals surface area contributed by atoms with E-state index in [0.717, 1.165) is 17.8 Å². The van der Waals surface area contributed by atoms with Gasteiger partial charge in [-0.15, -0.1) is 10.2 Å². The van der Waals surface area contributed by atoms with Crippen molar-refractivity contribution < 1.29 is 23.0 Å². The van der Waals surface area contributed by atoms with Crippen molar-refractivity contribution in [2.24, 2.45) is 0 Å². The molecule has 1 saturated carbocycles. The number of nitrogens with zero attached hydrogens (tertiary/aromatic N) is 2. The van der Waals surface area contributed by atoms with Crippen LogP contribution in [0.2, 0.25) is 0 Å². The van der Waals surface area contributed by atoms with E-state index >= 15 is 0 Å². The smallest absolute Gasteiger partial charge is 0.387 e. The van der Waals surface area contributed by atoms with Gasteiger partial charge in [0.25, 0.3) is 0 Å². The zero-order chi connectivity index (χ0) is 17.8. The van der Waals surface area contributed by atoms with Crippen LogP contribution in [0.15, 0.2) is 24.3 Å². The molecule has 1 aliphatic rings. The van der Waals surface area contributed by atoms with Crippen LogP contribution in [0.4, 0.5) is 13.9 Å². The third-order valence-corrected chi connectivity index (χ3v) is 4.43. The van der Waals surface area contributed by atoms with E-state index in [1.165, 1.54) is 42.7 Å². The van der Waals surface area contributed by atoms with Gasteiger partial charge < -0.3 is 9.47 Å². The Hall–Kier alpha value is -2.55. The molecule has 1 amide bonds. The molecule has 1 heterocycles. The number of benzene rings is 1. The number of carbonyl (C=O) groups is 1. The average Bonchev–Trinajstić information content (AvgIpc) is 3.33. The third-order valence-electron chi connectivity index (χ3n) is 3.43. The predicted octanol–water partition coefficient (Wildman–Crippen LogP) is 3.68. The number of nitrogens with one attached hydrogen (secondary N) is 1. The van der Waals surface area contributed by atoms with E-state index in [1.807, 2.05) is 0 Å². The lowest BCUT2D eigenvalue weighted by Crippen LogP contribution is -2.07. The molecule has 1 N–H and O–H groups in total. The Balaban J connectivity index is 1.62. The highest BCUT2D eigenvalue weighted by Crippen LogP contribution is 2.42. The van der Waals surface area contributed by atoms with Crippen molar-refractivity contribution in [1.82, 2.24) is 10.2 Å². The second-order valence-corrected chi connectivity index (χ2v) is 6.34. The Bertz CT molecular complexity index is 791. The van der Waals surface area contributed by atoms with Crippen molar-refractivity contribution in [2.75, 3.05) is 12.4 Å². The molecule has 1 fully saturated rings. The molecule has 0 aliphatic heterocycles. The summed E-state index contributed by atoms with van der Waals surface area (Å²) in [6.45, 7) is -2.94. The number of hydrogen-bond donors (Lipinski definition) is 1. The summed E-state index contributed by atoms with van der Waals surface area (Å²) in [5, 5.41) is 12.0. The maximum Gasteiger partial charge on any atom is 0.387 e. The number of halogens is 2. The summed E-state index contributed by atoms with van der Waals surface area (Å²) in [7, 11) is 1.35. The normalized spacial score (nSPS) is 14.1. The molecule has 2 aromatic rings. The minimum absolute atomic E-state index is 0.0689. The largest absolute Gasteiger partial charge is 0.493 e. The minimum atomic E-state index is -2.94. The molecule has 0 unspecified atom stereocenters. The molecule has 0 radical (unpaired) electrons. The zero-order valence-electron chi connectivity index (χ0n) is 13.2. The fourth-order valence-corrected chi connectivity index (χ4v) is 3.00. The SMILES string of the molecule is COc1cc(/C=C/C(=O)Nc2nnc(C3CC3)s2)ccc1OC(F)F. The Kier molecular flexibility index (Phi) is 5.22. The molecule has 1 aromatic carbocycles. The molecule has 0 atom stereocenters. The van der Waals surface area contributed by atoms with Gasteiger partial charge in [0, 0.05) is 12.0 Å². The fraction of sp³-hybridized carbons (Fsp3) is 0.312. The monoisotopic (exact) mass is 367 g/mol. The molecule has 1 aromatic heterocycles. The van der Waals surface area contributed by atoms with Crippen LogP contribution in [0.1, 0.15) is 29.3 Å². The highest BCUT2D eigenvalue weighted by Gasteiger charge is 2.27. The molecule has 132 valence electrons. The van der Waals surface area contributed by atoms with Gasteiger partial charge in [0.2, 0.25) is 11.0 Å². The van der Waals surface area contributed by atoms with Crippen molar-refractivity contribution in [2.45, 2.75) is 25.4 Å². The highest BCUT2D eigenvalue weighted by atomic mass is 32.1. The zero-order valence-corrected chi connectivity index (χ0v) is 14.1. The maximum absolute atomic E-state index is 12.3. The number of methoxy groups -OCH3 is 1. The Labute approximate surface area is 146 Å². The van der Waals surface area contributed by atoms with Crippen molar-refractivity contribution in [3.05, 3.63) is 34.8 Å². The minimum Gasteiger partial charge on any atom is -0.493 e. The number of carbonyl (C=O) groups excluding carboxylic acids is 1. The van der Waals surface area contributed by atoms with Gasteiger partial charge in [0.05, 0.1) is 7.11 Å². The summed E-state index contributed by atoms with van der Waals surface area (Å²) in [6.07, 6.45) is 5.10. The van der Waals surface area contributed by atoms with E-state index in [-0.39, 0.29) is 17.4 Å². The molecule has 9 heteroatoms. The molecular weight excluding hydrogens is 352 g/mol. The van der Waals surface area contributed by atoms with Crippen molar-refractivity contribution in [1.29, 1.82) is 0 Å². The molecule has 0 bridgehead atoms. The fourth-order valence-electron chi connectivity index (χ4n) is 2.08. The van der Waals surface area contributed by atoms with E-state index in [4.69, 9.17) is 4.74 Å². The van der Waals surface area contributed by atoms with E-state index in [2.05, 4.69) is 20.3 Å². The highest BCUT2D eigenvalue weighted by molar-refractivity contribution is 7.15. The summed E-state index contributed by atoms with van der Waals surface area (Å²) in [6, 6.07) is 4.40. The van der Waals surface area contributed by atoms with Gasteiger partial charge in [-0.2, -0.15) is 8.78 Å². The predicted molar refractivity (Wildman–Crippen MR) is 89.2 cm³/mol. The summed E-state index contributed by atoms with van der Waals surface area (Å²) in [5.41, 5.74) is 0.601. The number of aromatic nitrogens is 2. The van der Waals surface area contributed by atoms with E-state index < -0.39 is 6.61 Å². The van der Waals surface area contributed by atoms with Gasteiger partial charge in [-0.1, -0.05) is 17.4 Å². The van der Waals surface area contributed by atoms with Gasteiger partial charge >= 0.3 is 6.61 Å². The summed E-state index contributed by atoms with van der Waals surface area (Å²) in [4.78, 5) is 11.9. The molecule has 3 rings (SSSR count). The lowest BCUT2D eigenvalue weighted by Gasteiger charge is -2.10. The summed E-state index contributed by atoms with van der Waals surface area (Å²) >= 11 is 1.37. The van der Waals surface area contributed by atoms with Crippen LogP contribution >= 0.6 is 11.3 Å². The Morgan fingerprint density at radius 3 is 2.84 bits per heavy atom. The van der Waals surface area contributed by atoms with Crippen LogP contribution < -0.4 is 14.8 Å². The van der Waals surface area contributed by atoms with E-state index in [0.29, 0.717) is 16.6 Å². The number of rotatable bonds is 7. The summed E-state index contributed by atoms with van der Waals surface area (Å²) in [5.74, 6) is 0.215. The van der Waals surface area contributed by atoms with Crippen molar-refractivity contribution in [3.63, 3.8) is 0 Å². The van der Waals surface area contributed by atoms with Crippen LogP contribution in [0.3, 0.4) is 0 Å². The van der Waals surface area contributed by atoms with Crippen LogP contribution in [-0.4, -0.2) is 29.8 Å². The van der Waals surface area contributed by atoms with Crippen LogP contribution in [0.5, 0.6) is 11.5 Å². The van der Waals surface area contributed by atoms with Gasteiger partial charge in [0.15, 0.2) is 11.5 Å². The van der Waals surface area contributed by atoms with Crippen LogP contribution in [-0.2, 0) is 4.79 Å². The maximum atomic E-state index is 12.3. The standard InChI is InChI=1S/C16H15F2N3O3S/c1-23-12-8-9(2-6-11(12)24-15(17)18)3-7-13(22)19-16-21-20-14(25-16)10-4-5-10/h2-3,6-8,10,15H,4-5H2,1H3,(H,19,21,22)/b7-3+. The Morgan fingerprint density at radius 1 is 1.36 bits per heavy atom. The van der Waals surface area contributed by atoms with Crippen molar-refractivity contribution in [3.8, 4) is 11.5 Å². The lowest BCUT2D eigenvalue weighted by molar-refractivity contribution is -0.111. The first-order valence-electron chi connectivity index (χ1n) is 7.50. The molecule has 0 spiro atoms. The van der Waals surface area contributed by atoms with Gasteiger partial charge in [-0.05, 0) is 36.6 Å². The van der Waals surface area contributed by atoms with Crippen LogP contribution in [0, 0.1) is 0 Å². The van der Waals surface area contributed by atoms with E-state index in [9.17, 15) is 13.6 Å². The van der Waals surface area contributed by atoms with E-state index in [1.54, 1.807) is 6.07 Å².